The van der Waals surface area contributed by atoms with Gasteiger partial charge in [0, 0.05) is 11.8 Å². The van der Waals surface area contributed by atoms with Gasteiger partial charge in [0.25, 0.3) is 0 Å². The van der Waals surface area contributed by atoms with E-state index >= 15 is 0 Å². The maximum atomic E-state index is 8.96. The Labute approximate surface area is 120 Å². The predicted molar refractivity (Wildman–Crippen MR) is 83.7 cm³/mol. The van der Waals surface area contributed by atoms with Crippen LogP contribution in [-0.2, 0) is 12.8 Å². The number of para-hydroxylation sites is 1. The molecule has 0 heterocycles. The molecule has 0 amide bonds. The van der Waals surface area contributed by atoms with Gasteiger partial charge in [-0.05, 0) is 48.9 Å². The zero-order valence-electron chi connectivity index (χ0n) is 12.1. The van der Waals surface area contributed by atoms with Crippen molar-refractivity contribution in [2.75, 3.05) is 0 Å². The van der Waals surface area contributed by atoms with Crippen LogP contribution >= 0.6 is 0 Å². The summed E-state index contributed by atoms with van der Waals surface area (Å²) < 4.78 is 0. The molecule has 1 aliphatic carbocycles. The maximum absolute atomic E-state index is 8.96. The van der Waals surface area contributed by atoms with Crippen LogP contribution in [0.5, 0.6) is 5.75 Å². The minimum Gasteiger partial charge on any atom is -0.507 e. The highest BCUT2D eigenvalue weighted by atomic mass is 16.3. The van der Waals surface area contributed by atoms with Crippen LogP contribution in [0.4, 0.5) is 0 Å². The monoisotopic (exact) mass is 267 g/mol. The zero-order chi connectivity index (χ0) is 14.5. The molecule has 2 aromatic carbocycles. The van der Waals surface area contributed by atoms with Crippen molar-refractivity contribution in [2.24, 2.45) is 5.92 Å². The minimum atomic E-state index is 0.160. The highest BCUT2D eigenvalue weighted by Gasteiger charge is 2.16. The Morgan fingerprint density at radius 2 is 1.80 bits per heavy atom. The lowest BCUT2D eigenvalue weighted by atomic mass is 10.1. The number of hydrogen-bond donors (Lipinski definition) is 2. The van der Waals surface area contributed by atoms with Gasteiger partial charge < -0.3 is 10.5 Å². The Hall–Kier alpha value is -2.09. The normalized spacial score (nSPS) is 16.0. The molecule has 0 aromatic heterocycles. The summed E-state index contributed by atoms with van der Waals surface area (Å²) in [6, 6.07) is 13.6. The molecule has 0 radical (unpaired) electrons. The SMILES string of the molecule is Cc1ccc2c(c1)CC(C)C2.N=Cc1ccccc1O. The van der Waals surface area contributed by atoms with Gasteiger partial charge in [-0.1, -0.05) is 42.8 Å². The van der Waals surface area contributed by atoms with Crippen molar-refractivity contribution >= 4 is 6.21 Å². The third-order valence-electron chi connectivity index (χ3n) is 3.59. The quantitative estimate of drug-likeness (QED) is 0.750. The molecule has 2 aromatic rings. The Kier molecular flexibility index (Phi) is 4.57. The smallest absolute Gasteiger partial charge is 0.124 e. The number of hydrogen-bond acceptors (Lipinski definition) is 2. The molecular weight excluding hydrogens is 246 g/mol. The molecule has 0 bridgehead atoms. The topological polar surface area (TPSA) is 44.1 Å². The first kappa shape index (κ1) is 14.3. The van der Waals surface area contributed by atoms with Gasteiger partial charge in [-0.2, -0.15) is 0 Å². The second-order valence-electron chi connectivity index (χ2n) is 5.49. The van der Waals surface area contributed by atoms with E-state index < -0.39 is 0 Å². The molecule has 2 nitrogen and oxygen atoms in total. The van der Waals surface area contributed by atoms with E-state index in [4.69, 9.17) is 10.5 Å². The Bertz CT molecular complexity index is 604. The summed E-state index contributed by atoms with van der Waals surface area (Å²) in [6.45, 7) is 4.50. The van der Waals surface area contributed by atoms with Crippen LogP contribution in [0.2, 0.25) is 0 Å². The van der Waals surface area contributed by atoms with E-state index in [1.165, 1.54) is 18.4 Å². The third kappa shape index (κ3) is 3.47. The Balaban J connectivity index is 0.000000151. The molecule has 3 rings (SSSR count). The molecule has 0 fully saturated rings. The van der Waals surface area contributed by atoms with Crippen molar-refractivity contribution in [3.63, 3.8) is 0 Å². The van der Waals surface area contributed by atoms with Crippen molar-refractivity contribution in [3.05, 3.63) is 64.7 Å². The minimum absolute atomic E-state index is 0.160. The lowest BCUT2D eigenvalue weighted by Crippen LogP contribution is -1.89. The second-order valence-corrected chi connectivity index (χ2v) is 5.49. The first-order valence-electron chi connectivity index (χ1n) is 6.97. The molecule has 0 saturated heterocycles. The van der Waals surface area contributed by atoms with Crippen molar-refractivity contribution in [3.8, 4) is 5.75 Å². The van der Waals surface area contributed by atoms with Gasteiger partial charge in [-0.25, -0.2) is 0 Å². The van der Waals surface area contributed by atoms with Crippen molar-refractivity contribution in [2.45, 2.75) is 26.7 Å². The summed E-state index contributed by atoms with van der Waals surface area (Å²) >= 11 is 0. The summed E-state index contributed by atoms with van der Waals surface area (Å²) in [7, 11) is 0. The molecule has 1 unspecified atom stereocenters. The lowest BCUT2D eigenvalue weighted by Gasteiger charge is -1.98. The molecule has 2 N–H and O–H groups in total. The number of benzene rings is 2. The summed E-state index contributed by atoms with van der Waals surface area (Å²) in [4.78, 5) is 0. The average Bonchev–Trinajstić information content (AvgIpc) is 2.79. The summed E-state index contributed by atoms with van der Waals surface area (Å²) in [5.74, 6) is 1.03. The van der Waals surface area contributed by atoms with Gasteiger partial charge in [-0.3, -0.25) is 0 Å². The van der Waals surface area contributed by atoms with Crippen LogP contribution in [0.3, 0.4) is 0 Å². The van der Waals surface area contributed by atoms with Gasteiger partial charge in [-0.15, -0.1) is 0 Å². The molecular formula is C18H21NO. The number of phenolic OH excluding ortho intramolecular Hbond substituents is 1. The number of fused-ring (bicyclic) bond motifs is 1. The van der Waals surface area contributed by atoms with Gasteiger partial charge in [0.1, 0.15) is 5.75 Å². The van der Waals surface area contributed by atoms with Crippen LogP contribution in [-0.4, -0.2) is 11.3 Å². The van der Waals surface area contributed by atoms with Gasteiger partial charge in [0.15, 0.2) is 0 Å². The fourth-order valence-electron chi connectivity index (χ4n) is 2.58. The van der Waals surface area contributed by atoms with Crippen molar-refractivity contribution in [1.82, 2.24) is 0 Å². The summed E-state index contributed by atoms with van der Waals surface area (Å²) in [5, 5.41) is 15.8. The molecule has 0 aliphatic heterocycles. The Morgan fingerprint density at radius 1 is 1.10 bits per heavy atom. The van der Waals surface area contributed by atoms with Crippen LogP contribution in [0.15, 0.2) is 42.5 Å². The number of rotatable bonds is 1. The van der Waals surface area contributed by atoms with Crippen LogP contribution in [0.25, 0.3) is 0 Å². The zero-order valence-corrected chi connectivity index (χ0v) is 12.1. The van der Waals surface area contributed by atoms with E-state index in [9.17, 15) is 0 Å². The lowest BCUT2D eigenvalue weighted by molar-refractivity contribution is 0.474. The molecule has 2 heteroatoms. The number of aromatic hydroxyl groups is 1. The third-order valence-corrected chi connectivity index (χ3v) is 3.59. The number of phenols is 1. The van der Waals surface area contributed by atoms with Crippen molar-refractivity contribution in [1.29, 1.82) is 5.41 Å². The van der Waals surface area contributed by atoms with E-state index in [2.05, 4.69) is 32.0 Å². The largest absolute Gasteiger partial charge is 0.507 e. The van der Waals surface area contributed by atoms with E-state index in [0.717, 1.165) is 12.1 Å². The van der Waals surface area contributed by atoms with Gasteiger partial charge >= 0.3 is 0 Å². The van der Waals surface area contributed by atoms with Crippen LogP contribution in [0, 0.1) is 18.3 Å². The molecule has 1 atom stereocenters. The standard InChI is InChI=1S/C11H14.C7H7NO/c1-8-3-4-10-6-9(2)7-11(10)5-8;8-5-6-3-1-2-4-7(6)9/h3-5,9H,6-7H2,1-2H3;1-5,8-9H. The number of nitrogens with one attached hydrogen (secondary N) is 1. The fourth-order valence-corrected chi connectivity index (χ4v) is 2.58. The predicted octanol–water partition coefficient (Wildman–Crippen LogP) is 4.12. The number of aryl methyl sites for hydroxylation is 1. The maximum Gasteiger partial charge on any atom is 0.124 e. The highest BCUT2D eigenvalue weighted by Crippen LogP contribution is 2.26. The van der Waals surface area contributed by atoms with Crippen molar-refractivity contribution < 1.29 is 5.11 Å². The Morgan fingerprint density at radius 3 is 2.45 bits per heavy atom. The van der Waals surface area contributed by atoms with E-state index in [-0.39, 0.29) is 5.75 Å². The molecule has 104 valence electrons. The first-order valence-corrected chi connectivity index (χ1v) is 6.97. The molecule has 20 heavy (non-hydrogen) atoms. The molecule has 0 spiro atoms. The highest BCUT2D eigenvalue weighted by molar-refractivity contribution is 5.80. The van der Waals surface area contributed by atoms with E-state index in [1.807, 2.05) is 0 Å². The van der Waals surface area contributed by atoms with Crippen LogP contribution < -0.4 is 0 Å². The van der Waals surface area contributed by atoms with Gasteiger partial charge in [0.05, 0.1) is 0 Å². The van der Waals surface area contributed by atoms with E-state index in [0.29, 0.717) is 5.56 Å². The van der Waals surface area contributed by atoms with Gasteiger partial charge in [0.2, 0.25) is 0 Å². The van der Waals surface area contributed by atoms with E-state index in [1.54, 1.807) is 35.4 Å². The summed E-state index contributed by atoms with van der Waals surface area (Å²) in [5.41, 5.74) is 5.11. The summed E-state index contributed by atoms with van der Waals surface area (Å²) in [6.07, 6.45) is 3.70. The molecule has 0 saturated carbocycles. The first-order chi connectivity index (χ1) is 9.60. The van der Waals surface area contributed by atoms with Crippen LogP contribution in [0.1, 0.15) is 29.2 Å². The fraction of sp³-hybridized carbons (Fsp3) is 0.278. The molecule has 1 aliphatic rings. The second kappa shape index (κ2) is 6.38. The average molecular weight is 267 g/mol.